The van der Waals surface area contributed by atoms with Crippen molar-refractivity contribution in [3.63, 3.8) is 0 Å². The molecule has 0 fully saturated rings. The van der Waals surface area contributed by atoms with Gasteiger partial charge in [-0.15, -0.1) is 0 Å². The van der Waals surface area contributed by atoms with Crippen LogP contribution in [-0.2, 0) is 0 Å². The summed E-state index contributed by atoms with van der Waals surface area (Å²) in [7, 11) is 0. The highest BCUT2D eigenvalue weighted by Crippen LogP contribution is 2.20. The Hall–Kier alpha value is -2.43. The fourth-order valence-corrected chi connectivity index (χ4v) is 1.73. The number of rotatable bonds is 3. The van der Waals surface area contributed by atoms with Crippen LogP contribution in [0.1, 0.15) is 27.2 Å². The minimum atomic E-state index is -1.02. The average molecular weight is 257 g/mol. The lowest BCUT2D eigenvalue weighted by molar-refractivity contribution is 0.0695. The van der Waals surface area contributed by atoms with Crippen LogP contribution >= 0.6 is 0 Å². The molecule has 5 heteroatoms. The summed E-state index contributed by atoms with van der Waals surface area (Å²) in [6.45, 7) is 5.64. The van der Waals surface area contributed by atoms with Crippen LogP contribution in [0.2, 0.25) is 0 Å². The number of aryl methyl sites for hydroxylation is 3. The zero-order chi connectivity index (χ0) is 14.0. The Morgan fingerprint density at radius 3 is 2.63 bits per heavy atom. The first-order valence-corrected chi connectivity index (χ1v) is 5.88. The number of anilines is 2. The molecule has 19 heavy (non-hydrogen) atoms. The average Bonchev–Trinajstić information content (AvgIpc) is 2.33. The van der Waals surface area contributed by atoms with Gasteiger partial charge in [0.05, 0.1) is 11.3 Å². The zero-order valence-electron chi connectivity index (χ0n) is 11.1. The summed E-state index contributed by atoms with van der Waals surface area (Å²) < 4.78 is 0. The highest BCUT2D eigenvalue weighted by atomic mass is 16.4. The lowest BCUT2D eigenvalue weighted by Crippen LogP contribution is -2.06. The number of carbonyl (C=O) groups is 1. The highest BCUT2D eigenvalue weighted by Gasteiger charge is 2.10. The molecule has 1 aromatic heterocycles. The van der Waals surface area contributed by atoms with E-state index in [2.05, 4.69) is 15.3 Å². The van der Waals surface area contributed by atoms with E-state index in [1.54, 1.807) is 6.92 Å². The van der Waals surface area contributed by atoms with E-state index < -0.39 is 5.97 Å². The van der Waals surface area contributed by atoms with Gasteiger partial charge in [-0.25, -0.2) is 14.8 Å². The first-order chi connectivity index (χ1) is 8.97. The van der Waals surface area contributed by atoms with Crippen LogP contribution in [0.3, 0.4) is 0 Å². The lowest BCUT2D eigenvalue weighted by Gasteiger charge is -2.10. The van der Waals surface area contributed by atoms with Gasteiger partial charge in [0.15, 0.2) is 0 Å². The summed E-state index contributed by atoms with van der Waals surface area (Å²) in [6, 6.07) is 6.04. The third-order valence-corrected chi connectivity index (χ3v) is 2.85. The number of hydrogen-bond acceptors (Lipinski definition) is 4. The molecular formula is C14H15N3O2. The van der Waals surface area contributed by atoms with Crippen LogP contribution in [0.15, 0.2) is 24.4 Å². The van der Waals surface area contributed by atoms with Crippen LogP contribution in [0.5, 0.6) is 0 Å². The van der Waals surface area contributed by atoms with E-state index in [1.165, 1.54) is 6.20 Å². The molecule has 2 N–H and O–H groups in total. The number of aromatic nitrogens is 2. The van der Waals surface area contributed by atoms with E-state index >= 15 is 0 Å². The molecule has 0 aliphatic heterocycles. The van der Waals surface area contributed by atoms with Crippen molar-refractivity contribution in [3.8, 4) is 0 Å². The normalized spacial score (nSPS) is 10.3. The third-order valence-electron chi connectivity index (χ3n) is 2.85. The highest BCUT2D eigenvalue weighted by molar-refractivity contribution is 5.88. The minimum absolute atomic E-state index is 0.117. The minimum Gasteiger partial charge on any atom is -0.478 e. The number of hydrogen-bond donors (Lipinski definition) is 2. The van der Waals surface area contributed by atoms with Crippen LogP contribution in [-0.4, -0.2) is 21.0 Å². The summed E-state index contributed by atoms with van der Waals surface area (Å²) in [5.74, 6) is -0.619. The third kappa shape index (κ3) is 2.88. The molecule has 5 nitrogen and oxygen atoms in total. The van der Waals surface area contributed by atoms with Gasteiger partial charge in [0.1, 0.15) is 0 Å². The van der Waals surface area contributed by atoms with Crippen molar-refractivity contribution >= 4 is 17.6 Å². The molecule has 0 aliphatic rings. The Bertz CT molecular complexity index is 639. The number of nitrogens with zero attached hydrogens (tertiary/aromatic N) is 2. The van der Waals surface area contributed by atoms with Crippen LogP contribution in [0, 0.1) is 20.8 Å². The maximum atomic E-state index is 10.9. The number of nitrogens with one attached hydrogen (secondary N) is 1. The molecular weight excluding hydrogens is 242 g/mol. The molecule has 0 atom stereocenters. The van der Waals surface area contributed by atoms with Gasteiger partial charge in [-0.3, -0.25) is 0 Å². The Kier molecular flexibility index (Phi) is 3.46. The van der Waals surface area contributed by atoms with Gasteiger partial charge >= 0.3 is 5.97 Å². The van der Waals surface area contributed by atoms with Crippen molar-refractivity contribution in [3.05, 3.63) is 46.8 Å². The smallest absolute Gasteiger partial charge is 0.339 e. The Labute approximate surface area is 111 Å². The number of carboxylic acids is 1. The van der Waals surface area contributed by atoms with Crippen molar-refractivity contribution in [1.82, 2.24) is 9.97 Å². The van der Waals surface area contributed by atoms with Crippen LogP contribution in [0.4, 0.5) is 11.6 Å². The maximum absolute atomic E-state index is 10.9. The molecule has 0 amide bonds. The number of carboxylic acid groups (broad SMARTS) is 1. The zero-order valence-corrected chi connectivity index (χ0v) is 11.1. The van der Waals surface area contributed by atoms with Crippen molar-refractivity contribution in [2.75, 3.05) is 5.32 Å². The van der Waals surface area contributed by atoms with E-state index in [0.29, 0.717) is 11.6 Å². The van der Waals surface area contributed by atoms with Crippen LogP contribution in [0.25, 0.3) is 0 Å². The summed E-state index contributed by atoms with van der Waals surface area (Å²) >= 11 is 0. The topological polar surface area (TPSA) is 75.1 Å². The van der Waals surface area contributed by atoms with Gasteiger partial charge in [-0.05, 0) is 38.0 Å². The van der Waals surface area contributed by atoms with E-state index in [9.17, 15) is 4.79 Å². The SMILES string of the molecule is Cc1ccc(C)c(Nc2ncc(C(=O)O)c(C)n2)c1. The van der Waals surface area contributed by atoms with Crippen LogP contribution < -0.4 is 5.32 Å². The molecule has 1 aromatic carbocycles. The molecule has 2 aromatic rings. The standard InChI is InChI=1S/C14H15N3O2/c1-8-4-5-9(2)12(6-8)17-14-15-7-11(13(18)19)10(3)16-14/h4-7H,1-3H3,(H,18,19)(H,15,16,17). The van der Waals surface area contributed by atoms with E-state index in [1.807, 2.05) is 32.0 Å². The number of aromatic carboxylic acids is 1. The Balaban J connectivity index is 2.31. The van der Waals surface area contributed by atoms with Crippen molar-refractivity contribution < 1.29 is 9.90 Å². The summed E-state index contributed by atoms with van der Waals surface area (Å²) in [4.78, 5) is 19.1. The fourth-order valence-electron chi connectivity index (χ4n) is 1.73. The molecule has 0 aliphatic carbocycles. The quantitative estimate of drug-likeness (QED) is 0.884. The molecule has 98 valence electrons. The van der Waals surface area contributed by atoms with Gasteiger partial charge in [-0.2, -0.15) is 0 Å². The lowest BCUT2D eigenvalue weighted by atomic mass is 10.1. The van der Waals surface area contributed by atoms with Gasteiger partial charge in [0.2, 0.25) is 5.95 Å². The first kappa shape index (κ1) is 13.0. The first-order valence-electron chi connectivity index (χ1n) is 5.88. The van der Waals surface area contributed by atoms with Gasteiger partial charge < -0.3 is 10.4 Å². The van der Waals surface area contributed by atoms with Crippen molar-refractivity contribution in [2.24, 2.45) is 0 Å². The summed E-state index contributed by atoms with van der Waals surface area (Å²) in [5.41, 5.74) is 3.69. The monoisotopic (exact) mass is 257 g/mol. The Morgan fingerprint density at radius 1 is 1.26 bits per heavy atom. The second kappa shape index (κ2) is 5.06. The molecule has 2 rings (SSSR count). The van der Waals surface area contributed by atoms with Crippen molar-refractivity contribution in [2.45, 2.75) is 20.8 Å². The van der Waals surface area contributed by atoms with Gasteiger partial charge in [0, 0.05) is 11.9 Å². The second-order valence-electron chi connectivity index (χ2n) is 4.44. The van der Waals surface area contributed by atoms with Gasteiger partial charge in [0.25, 0.3) is 0 Å². The fraction of sp³-hybridized carbons (Fsp3) is 0.214. The van der Waals surface area contributed by atoms with E-state index in [0.717, 1.165) is 16.8 Å². The molecule has 0 saturated heterocycles. The summed E-state index contributed by atoms with van der Waals surface area (Å²) in [5, 5.41) is 12.0. The van der Waals surface area contributed by atoms with Gasteiger partial charge in [-0.1, -0.05) is 12.1 Å². The molecule has 0 unspecified atom stereocenters. The molecule has 0 bridgehead atoms. The Morgan fingerprint density at radius 2 is 2.00 bits per heavy atom. The molecule has 1 heterocycles. The van der Waals surface area contributed by atoms with Crippen molar-refractivity contribution in [1.29, 1.82) is 0 Å². The predicted molar refractivity (Wildman–Crippen MR) is 72.9 cm³/mol. The summed E-state index contributed by atoms with van der Waals surface area (Å²) in [6.07, 6.45) is 1.32. The predicted octanol–water partition coefficient (Wildman–Crippen LogP) is 2.84. The second-order valence-corrected chi connectivity index (χ2v) is 4.44. The molecule has 0 saturated carbocycles. The number of benzene rings is 1. The van der Waals surface area contributed by atoms with E-state index in [-0.39, 0.29) is 5.56 Å². The van der Waals surface area contributed by atoms with E-state index in [4.69, 9.17) is 5.11 Å². The molecule has 0 spiro atoms. The maximum Gasteiger partial charge on any atom is 0.339 e. The molecule has 0 radical (unpaired) electrons. The largest absolute Gasteiger partial charge is 0.478 e.